The van der Waals surface area contributed by atoms with Gasteiger partial charge in [0, 0.05) is 12.6 Å². The molecule has 0 radical (unpaired) electrons. The molecule has 1 atom stereocenters. The number of methoxy groups -OCH3 is 1. The van der Waals surface area contributed by atoms with Gasteiger partial charge in [-0.05, 0) is 50.1 Å². The van der Waals surface area contributed by atoms with Crippen molar-refractivity contribution in [2.24, 2.45) is 0 Å². The lowest BCUT2D eigenvalue weighted by Crippen LogP contribution is -2.42. The van der Waals surface area contributed by atoms with Crippen LogP contribution in [0.25, 0.3) is 10.9 Å². The highest BCUT2D eigenvalue weighted by Gasteiger charge is 2.33. The second kappa shape index (κ2) is 9.28. The van der Waals surface area contributed by atoms with E-state index in [1.807, 2.05) is 6.92 Å². The molecule has 174 valence electrons. The topological polar surface area (TPSA) is 121 Å². The van der Waals surface area contributed by atoms with Crippen LogP contribution in [0.1, 0.15) is 36.5 Å². The minimum absolute atomic E-state index is 0.0147. The molecule has 0 N–H and O–H groups in total. The van der Waals surface area contributed by atoms with E-state index in [9.17, 15) is 18.0 Å². The molecule has 2 aromatic carbocycles. The summed E-state index contributed by atoms with van der Waals surface area (Å²) in [5, 5.41) is 8.07. The van der Waals surface area contributed by atoms with Gasteiger partial charge in [-0.3, -0.25) is 4.79 Å². The average molecular weight is 473 g/mol. The highest BCUT2D eigenvalue weighted by atomic mass is 32.2. The normalized spacial score (nSPS) is 17.1. The van der Waals surface area contributed by atoms with Gasteiger partial charge in [0.1, 0.15) is 16.2 Å². The van der Waals surface area contributed by atoms with E-state index in [1.54, 1.807) is 24.3 Å². The molecule has 33 heavy (non-hydrogen) atoms. The van der Waals surface area contributed by atoms with Crippen molar-refractivity contribution in [3.05, 3.63) is 58.4 Å². The van der Waals surface area contributed by atoms with Gasteiger partial charge in [0.15, 0.2) is 6.73 Å². The maximum Gasteiger partial charge on any atom is 0.339 e. The molecule has 1 unspecified atom stereocenters. The summed E-state index contributed by atoms with van der Waals surface area (Å²) in [6.45, 7) is 1.81. The third kappa shape index (κ3) is 4.46. The minimum Gasteiger partial charge on any atom is -0.495 e. The van der Waals surface area contributed by atoms with Crippen LogP contribution < -0.4 is 10.3 Å². The molecule has 4 rings (SSSR count). The summed E-state index contributed by atoms with van der Waals surface area (Å²) in [7, 11) is -2.51. The lowest BCUT2D eigenvalue weighted by atomic mass is 10.1. The Hall–Kier alpha value is -3.31. The molecule has 10 nitrogen and oxygen atoms in total. The summed E-state index contributed by atoms with van der Waals surface area (Å²) in [4.78, 5) is 25.1. The Morgan fingerprint density at radius 2 is 1.97 bits per heavy atom. The third-order valence-electron chi connectivity index (χ3n) is 5.68. The van der Waals surface area contributed by atoms with Gasteiger partial charge in [-0.2, -0.15) is 8.99 Å². The number of sulfonamides is 1. The number of benzene rings is 2. The van der Waals surface area contributed by atoms with Crippen LogP contribution in [0.15, 0.2) is 52.2 Å². The summed E-state index contributed by atoms with van der Waals surface area (Å²) in [5.41, 5.74) is -0.00617. The zero-order chi connectivity index (χ0) is 23.6. The molecule has 0 bridgehead atoms. The van der Waals surface area contributed by atoms with E-state index in [-0.39, 0.29) is 22.3 Å². The molecule has 3 aromatic rings. The zero-order valence-electron chi connectivity index (χ0n) is 18.3. The van der Waals surface area contributed by atoms with Crippen LogP contribution >= 0.6 is 0 Å². The van der Waals surface area contributed by atoms with Crippen molar-refractivity contribution in [3.63, 3.8) is 0 Å². The van der Waals surface area contributed by atoms with Crippen LogP contribution in [-0.4, -0.2) is 53.4 Å². The molecule has 1 aliphatic rings. The maximum atomic E-state index is 13.3. The Morgan fingerprint density at radius 1 is 1.18 bits per heavy atom. The van der Waals surface area contributed by atoms with Gasteiger partial charge in [-0.25, -0.2) is 13.2 Å². The summed E-state index contributed by atoms with van der Waals surface area (Å²) in [6, 6.07) is 10.6. The Bertz CT molecular complexity index is 1350. The molecule has 1 saturated heterocycles. The summed E-state index contributed by atoms with van der Waals surface area (Å²) >= 11 is 0. The predicted molar refractivity (Wildman–Crippen MR) is 119 cm³/mol. The number of hydrogen-bond acceptors (Lipinski definition) is 8. The van der Waals surface area contributed by atoms with Gasteiger partial charge in [0.25, 0.3) is 5.56 Å². The van der Waals surface area contributed by atoms with E-state index in [2.05, 4.69) is 10.3 Å². The number of rotatable bonds is 6. The molecule has 1 fully saturated rings. The van der Waals surface area contributed by atoms with E-state index in [0.29, 0.717) is 17.4 Å². The predicted octanol–water partition coefficient (Wildman–Crippen LogP) is 2.18. The van der Waals surface area contributed by atoms with Crippen molar-refractivity contribution in [3.8, 4) is 5.75 Å². The Balaban J connectivity index is 1.59. The third-order valence-corrected chi connectivity index (χ3v) is 7.71. The Morgan fingerprint density at radius 3 is 2.73 bits per heavy atom. The second-order valence-electron chi connectivity index (χ2n) is 7.80. The first-order chi connectivity index (χ1) is 15.8. The Kier molecular flexibility index (Phi) is 6.43. The van der Waals surface area contributed by atoms with E-state index in [4.69, 9.17) is 9.47 Å². The molecule has 1 aliphatic heterocycles. The largest absolute Gasteiger partial charge is 0.495 e. The van der Waals surface area contributed by atoms with Crippen molar-refractivity contribution >= 4 is 26.9 Å². The Labute approximate surface area is 190 Å². The molecule has 0 aliphatic carbocycles. The molecule has 11 heteroatoms. The van der Waals surface area contributed by atoms with Crippen LogP contribution in [0.5, 0.6) is 5.75 Å². The molecule has 1 aromatic heterocycles. The molecule has 0 amide bonds. The minimum atomic E-state index is -3.89. The van der Waals surface area contributed by atoms with Gasteiger partial charge >= 0.3 is 5.97 Å². The van der Waals surface area contributed by atoms with Gasteiger partial charge < -0.3 is 9.47 Å². The number of piperidine rings is 1. The first-order valence-electron chi connectivity index (χ1n) is 10.5. The monoisotopic (exact) mass is 472 g/mol. The van der Waals surface area contributed by atoms with Crippen molar-refractivity contribution in [1.82, 2.24) is 19.3 Å². The highest BCUT2D eigenvalue weighted by Crippen LogP contribution is 2.31. The fourth-order valence-corrected chi connectivity index (χ4v) is 5.75. The first kappa shape index (κ1) is 22.9. The van der Waals surface area contributed by atoms with Gasteiger partial charge in [0.2, 0.25) is 10.0 Å². The highest BCUT2D eigenvalue weighted by molar-refractivity contribution is 7.89. The lowest BCUT2D eigenvalue weighted by molar-refractivity contribution is 0.0335. The standard InChI is InChI=1S/C22H24N4O6S/c1-15-7-5-6-12-26(15)33(29,30)20-13-16(10-11-19(20)31-2)22(28)32-14-25-21(27)17-8-3-4-9-18(17)23-24-25/h3-4,8-11,13,15H,5-7,12,14H2,1-2H3. The molecule has 0 spiro atoms. The van der Waals surface area contributed by atoms with Crippen molar-refractivity contribution in [1.29, 1.82) is 0 Å². The number of esters is 1. The molecular formula is C22H24N4O6S. The van der Waals surface area contributed by atoms with Crippen molar-refractivity contribution < 1.29 is 22.7 Å². The zero-order valence-corrected chi connectivity index (χ0v) is 19.1. The SMILES string of the molecule is COc1ccc(C(=O)OCn2nnc3ccccc3c2=O)cc1S(=O)(=O)N1CCCCC1C. The average Bonchev–Trinajstić information content (AvgIpc) is 2.83. The van der Waals surface area contributed by atoms with E-state index in [1.165, 1.54) is 29.6 Å². The summed E-state index contributed by atoms with van der Waals surface area (Å²) in [5.74, 6) is -0.663. The van der Waals surface area contributed by atoms with Crippen molar-refractivity contribution in [2.75, 3.05) is 13.7 Å². The summed E-state index contributed by atoms with van der Waals surface area (Å²) in [6.07, 6.45) is 2.51. The summed E-state index contributed by atoms with van der Waals surface area (Å²) < 4.78 is 39.5. The van der Waals surface area contributed by atoms with Crippen LogP contribution in [0.3, 0.4) is 0 Å². The number of aromatic nitrogens is 3. The molecule has 2 heterocycles. The number of ether oxygens (including phenoxy) is 2. The first-order valence-corrected chi connectivity index (χ1v) is 12.0. The van der Waals surface area contributed by atoms with E-state index < -0.39 is 28.3 Å². The van der Waals surface area contributed by atoms with Crippen LogP contribution in [0.2, 0.25) is 0 Å². The lowest BCUT2D eigenvalue weighted by Gasteiger charge is -2.32. The number of fused-ring (bicyclic) bond motifs is 1. The smallest absolute Gasteiger partial charge is 0.339 e. The quantitative estimate of drug-likeness (QED) is 0.501. The molecule has 0 saturated carbocycles. The number of carbonyl (C=O) groups is 1. The number of carbonyl (C=O) groups excluding carboxylic acids is 1. The fourth-order valence-electron chi connectivity index (χ4n) is 3.87. The van der Waals surface area contributed by atoms with E-state index in [0.717, 1.165) is 23.9 Å². The van der Waals surface area contributed by atoms with Gasteiger partial charge in [-0.15, -0.1) is 5.10 Å². The van der Waals surface area contributed by atoms with Crippen LogP contribution in [0.4, 0.5) is 0 Å². The van der Waals surface area contributed by atoms with Gasteiger partial charge in [0.05, 0.1) is 18.1 Å². The second-order valence-corrected chi connectivity index (χ2v) is 9.66. The van der Waals surface area contributed by atoms with Crippen LogP contribution in [0, 0.1) is 0 Å². The maximum absolute atomic E-state index is 13.3. The van der Waals surface area contributed by atoms with Gasteiger partial charge in [-0.1, -0.05) is 23.8 Å². The van der Waals surface area contributed by atoms with E-state index >= 15 is 0 Å². The number of nitrogens with zero attached hydrogens (tertiary/aromatic N) is 4. The number of hydrogen-bond donors (Lipinski definition) is 0. The van der Waals surface area contributed by atoms with Crippen LogP contribution in [-0.2, 0) is 21.5 Å². The molecular weight excluding hydrogens is 448 g/mol. The van der Waals surface area contributed by atoms with Crippen molar-refractivity contribution in [2.45, 2.75) is 43.9 Å². The fraction of sp³-hybridized carbons (Fsp3) is 0.364.